The topological polar surface area (TPSA) is 47.5 Å². The van der Waals surface area contributed by atoms with E-state index in [1.807, 2.05) is 42.5 Å². The largest absolute Gasteiger partial charge is 0.342 e. The fourth-order valence-electron chi connectivity index (χ4n) is 3.95. The summed E-state index contributed by atoms with van der Waals surface area (Å²) in [5.41, 5.74) is 6.17. The van der Waals surface area contributed by atoms with Crippen molar-refractivity contribution in [1.82, 2.24) is 14.1 Å². The number of para-hydroxylation sites is 3. The van der Waals surface area contributed by atoms with Crippen molar-refractivity contribution >= 4 is 33.6 Å². The zero-order chi connectivity index (χ0) is 19.8. The molecule has 0 saturated carbocycles. The minimum absolute atomic E-state index is 0.626. The van der Waals surface area contributed by atoms with Gasteiger partial charge in [0.05, 0.1) is 22.2 Å². The summed E-state index contributed by atoms with van der Waals surface area (Å²) in [4.78, 5) is 4.68. The van der Waals surface area contributed by atoms with Crippen molar-refractivity contribution < 1.29 is 0 Å². The predicted octanol–water partition coefficient (Wildman–Crippen LogP) is 6.63. The molecule has 2 heterocycles. The van der Waals surface area contributed by atoms with Crippen LogP contribution in [0.3, 0.4) is 0 Å². The molecule has 0 aliphatic heterocycles. The summed E-state index contributed by atoms with van der Waals surface area (Å²) in [6.45, 7) is 2.89. The van der Waals surface area contributed by atoms with E-state index in [1.54, 1.807) is 0 Å². The van der Waals surface area contributed by atoms with Crippen LogP contribution in [0.5, 0.6) is 0 Å². The second-order valence-corrected chi connectivity index (χ2v) is 6.98. The quantitative estimate of drug-likeness (QED) is 0.323. The van der Waals surface area contributed by atoms with Crippen LogP contribution in [0.4, 0.5) is 11.6 Å². The predicted molar refractivity (Wildman–Crippen MR) is 118 cm³/mol. The first-order chi connectivity index (χ1) is 14.3. The Balaban J connectivity index is 1.72. The molecular weight excluding hydrogens is 358 g/mol. The minimum Gasteiger partial charge on any atom is -0.342 e. The third-order valence-corrected chi connectivity index (χ3v) is 5.32. The van der Waals surface area contributed by atoms with Gasteiger partial charge < -0.3 is 9.13 Å². The summed E-state index contributed by atoms with van der Waals surface area (Å²) < 4.78 is 4.27. The monoisotopic (exact) mass is 379 g/mol. The van der Waals surface area contributed by atoms with Gasteiger partial charge in [0.2, 0.25) is 5.95 Å². The van der Waals surface area contributed by atoms with Gasteiger partial charge in [0.15, 0.2) is 0 Å². The van der Waals surface area contributed by atoms with Crippen LogP contribution in [0.25, 0.3) is 33.2 Å². The number of nitrogens with zero attached hydrogens (tertiary/aromatic N) is 5. The summed E-state index contributed by atoms with van der Waals surface area (Å²) in [5.74, 6) is 0.626. The number of aryl methyl sites for hydroxylation is 2. The highest BCUT2D eigenvalue weighted by molar-refractivity contribution is 6.00. The molecule has 0 aliphatic carbocycles. The number of hydrogen-bond donors (Lipinski definition) is 0. The maximum absolute atomic E-state index is 4.73. The van der Waals surface area contributed by atoms with E-state index in [9.17, 15) is 0 Å². The molecule has 0 saturated heterocycles. The maximum atomic E-state index is 4.73. The van der Waals surface area contributed by atoms with Gasteiger partial charge in [0.1, 0.15) is 5.69 Å². The molecule has 0 N–H and O–H groups in total. The lowest BCUT2D eigenvalue weighted by Gasteiger charge is -2.05. The summed E-state index contributed by atoms with van der Waals surface area (Å²) >= 11 is 0. The van der Waals surface area contributed by atoms with Crippen LogP contribution in [0.2, 0.25) is 0 Å². The molecule has 2 aromatic heterocycles. The second kappa shape index (κ2) is 7.02. The van der Waals surface area contributed by atoms with Gasteiger partial charge >= 0.3 is 0 Å². The highest BCUT2D eigenvalue weighted by Crippen LogP contribution is 2.40. The van der Waals surface area contributed by atoms with Gasteiger partial charge in [-0.2, -0.15) is 0 Å². The molecule has 0 bridgehead atoms. The Morgan fingerprint density at radius 1 is 0.793 bits per heavy atom. The molecule has 0 radical (unpaired) electrons. The van der Waals surface area contributed by atoms with Gasteiger partial charge in [0.25, 0.3) is 0 Å². The molecule has 5 aromatic rings. The van der Waals surface area contributed by atoms with Crippen molar-refractivity contribution in [2.45, 2.75) is 13.5 Å². The summed E-state index contributed by atoms with van der Waals surface area (Å²) in [6.07, 6.45) is 0. The number of rotatable bonds is 4. The first-order valence-electron chi connectivity index (χ1n) is 9.77. The summed E-state index contributed by atoms with van der Waals surface area (Å²) in [5, 5.41) is 10.4. The molecule has 0 unspecified atom stereocenters. The Hall–Kier alpha value is -3.73. The van der Waals surface area contributed by atoms with Gasteiger partial charge in [-0.3, -0.25) is 0 Å². The van der Waals surface area contributed by atoms with Crippen molar-refractivity contribution in [3.63, 3.8) is 0 Å². The lowest BCUT2D eigenvalue weighted by Crippen LogP contribution is -1.92. The van der Waals surface area contributed by atoms with E-state index in [2.05, 4.69) is 69.6 Å². The Bertz CT molecular complexity index is 1340. The molecule has 5 heteroatoms. The van der Waals surface area contributed by atoms with Crippen LogP contribution in [0, 0.1) is 0 Å². The maximum Gasteiger partial charge on any atom is 0.250 e. The SMILES string of the molecule is CCn1c(N=Nc2c(-c3ccccc3)n(C)c3ccccc23)nc2ccccc21. The van der Waals surface area contributed by atoms with E-state index in [0.29, 0.717) is 5.95 Å². The first kappa shape index (κ1) is 17.4. The lowest BCUT2D eigenvalue weighted by atomic mass is 10.1. The van der Waals surface area contributed by atoms with Crippen LogP contribution in [0.1, 0.15) is 6.92 Å². The van der Waals surface area contributed by atoms with E-state index < -0.39 is 0 Å². The Labute approximate surface area is 169 Å². The molecule has 3 aromatic carbocycles. The van der Waals surface area contributed by atoms with E-state index in [1.165, 1.54) is 0 Å². The minimum atomic E-state index is 0.626. The number of benzene rings is 3. The van der Waals surface area contributed by atoms with Crippen molar-refractivity contribution in [2.75, 3.05) is 0 Å². The van der Waals surface area contributed by atoms with Gasteiger partial charge in [-0.05, 0) is 25.1 Å². The zero-order valence-electron chi connectivity index (χ0n) is 16.4. The zero-order valence-corrected chi connectivity index (χ0v) is 16.4. The molecule has 0 spiro atoms. The molecule has 5 rings (SSSR count). The fourth-order valence-corrected chi connectivity index (χ4v) is 3.95. The molecular formula is C24H21N5. The number of fused-ring (bicyclic) bond motifs is 2. The van der Waals surface area contributed by atoms with Crippen LogP contribution < -0.4 is 0 Å². The van der Waals surface area contributed by atoms with Gasteiger partial charge in [-0.1, -0.05) is 60.7 Å². The van der Waals surface area contributed by atoms with Crippen molar-refractivity contribution in [3.8, 4) is 11.3 Å². The van der Waals surface area contributed by atoms with Crippen LogP contribution in [-0.2, 0) is 13.6 Å². The fraction of sp³-hybridized carbons (Fsp3) is 0.125. The number of azo groups is 1. The van der Waals surface area contributed by atoms with Gasteiger partial charge in [0, 0.05) is 24.5 Å². The lowest BCUT2D eigenvalue weighted by molar-refractivity contribution is 0.782. The average molecular weight is 379 g/mol. The Morgan fingerprint density at radius 3 is 2.28 bits per heavy atom. The molecule has 0 atom stereocenters. The van der Waals surface area contributed by atoms with Crippen LogP contribution >= 0.6 is 0 Å². The third kappa shape index (κ3) is 2.83. The molecule has 0 amide bonds. The highest BCUT2D eigenvalue weighted by Gasteiger charge is 2.17. The Morgan fingerprint density at radius 2 is 1.48 bits per heavy atom. The third-order valence-electron chi connectivity index (χ3n) is 5.32. The van der Waals surface area contributed by atoms with Gasteiger partial charge in [-0.25, -0.2) is 4.98 Å². The molecule has 5 nitrogen and oxygen atoms in total. The van der Waals surface area contributed by atoms with Crippen molar-refractivity contribution in [1.29, 1.82) is 0 Å². The van der Waals surface area contributed by atoms with Crippen molar-refractivity contribution in [3.05, 3.63) is 78.9 Å². The van der Waals surface area contributed by atoms with Crippen LogP contribution in [0.15, 0.2) is 89.1 Å². The van der Waals surface area contributed by atoms with E-state index in [4.69, 9.17) is 5.11 Å². The van der Waals surface area contributed by atoms with E-state index in [-0.39, 0.29) is 0 Å². The second-order valence-electron chi connectivity index (χ2n) is 6.98. The van der Waals surface area contributed by atoms with Crippen LogP contribution in [-0.4, -0.2) is 14.1 Å². The smallest absolute Gasteiger partial charge is 0.250 e. The standard InChI is InChI=1S/C24H21N5/c1-3-29-21-16-10-8-14-19(21)25-24(29)27-26-22-18-13-7-9-15-20(18)28(2)23(22)17-11-5-4-6-12-17/h4-16H,3H2,1-2H3. The number of hydrogen-bond acceptors (Lipinski definition) is 3. The van der Waals surface area contributed by atoms with Crippen molar-refractivity contribution in [2.24, 2.45) is 17.3 Å². The molecule has 142 valence electrons. The van der Waals surface area contributed by atoms with E-state index >= 15 is 0 Å². The number of aromatic nitrogens is 3. The van der Waals surface area contributed by atoms with Gasteiger partial charge in [-0.15, -0.1) is 10.2 Å². The molecule has 29 heavy (non-hydrogen) atoms. The highest BCUT2D eigenvalue weighted by atomic mass is 15.3. The first-order valence-corrected chi connectivity index (χ1v) is 9.77. The summed E-state index contributed by atoms with van der Waals surface area (Å²) in [6, 6.07) is 26.7. The molecule has 0 aliphatic rings. The molecule has 0 fully saturated rings. The summed E-state index contributed by atoms with van der Waals surface area (Å²) in [7, 11) is 2.07. The van der Waals surface area contributed by atoms with E-state index in [0.717, 1.165) is 45.4 Å². The Kier molecular flexibility index (Phi) is 4.21. The number of imidazole rings is 1. The normalized spacial score (nSPS) is 11.8. The average Bonchev–Trinajstić information content (AvgIpc) is 3.27.